The van der Waals surface area contributed by atoms with E-state index in [-0.39, 0.29) is 11.6 Å². The second-order valence-electron chi connectivity index (χ2n) is 4.62. The molecule has 23 heavy (non-hydrogen) atoms. The van der Waals surface area contributed by atoms with Crippen LogP contribution in [-0.4, -0.2) is 22.8 Å². The smallest absolute Gasteiger partial charge is 0.269 e. The highest BCUT2D eigenvalue weighted by atomic mass is 32.2. The van der Waals surface area contributed by atoms with Crippen molar-refractivity contribution in [3.05, 3.63) is 75.8 Å². The summed E-state index contributed by atoms with van der Waals surface area (Å²) >= 11 is 1.50. The van der Waals surface area contributed by atoms with Crippen molar-refractivity contribution in [1.29, 1.82) is 0 Å². The first-order valence-corrected chi connectivity index (χ1v) is 7.98. The van der Waals surface area contributed by atoms with Crippen LogP contribution in [0.1, 0.15) is 11.1 Å². The highest BCUT2D eigenvalue weighted by Gasteiger charge is 2.03. The van der Waals surface area contributed by atoms with Crippen LogP contribution < -0.4 is 5.43 Å². The number of nitro benzene ring substituents is 1. The normalized spacial score (nSPS) is 10.6. The van der Waals surface area contributed by atoms with Crippen LogP contribution >= 0.6 is 11.8 Å². The number of thioether (sulfide) groups is 1. The Labute approximate surface area is 137 Å². The van der Waals surface area contributed by atoms with Gasteiger partial charge in [0.1, 0.15) is 0 Å². The summed E-state index contributed by atoms with van der Waals surface area (Å²) in [7, 11) is 0. The molecule has 118 valence electrons. The predicted octanol–water partition coefficient (Wildman–Crippen LogP) is 2.98. The van der Waals surface area contributed by atoms with Gasteiger partial charge in [0, 0.05) is 17.9 Å². The maximum absolute atomic E-state index is 11.6. The number of benzene rings is 2. The molecule has 0 aliphatic rings. The summed E-state index contributed by atoms with van der Waals surface area (Å²) in [5.41, 5.74) is 4.29. The fraction of sp³-hybridized carbons (Fsp3) is 0.125. The molecule has 0 radical (unpaired) electrons. The van der Waals surface area contributed by atoms with Crippen LogP contribution in [0.15, 0.2) is 59.7 Å². The second-order valence-corrected chi connectivity index (χ2v) is 5.61. The van der Waals surface area contributed by atoms with Gasteiger partial charge in [0.15, 0.2) is 0 Å². The van der Waals surface area contributed by atoms with Gasteiger partial charge in [0.2, 0.25) is 5.91 Å². The Balaban J connectivity index is 1.72. The summed E-state index contributed by atoms with van der Waals surface area (Å²) in [6, 6.07) is 15.8. The molecule has 2 rings (SSSR count). The van der Waals surface area contributed by atoms with E-state index in [4.69, 9.17) is 0 Å². The molecule has 7 heteroatoms. The van der Waals surface area contributed by atoms with Crippen molar-refractivity contribution in [1.82, 2.24) is 5.43 Å². The van der Waals surface area contributed by atoms with Gasteiger partial charge in [-0.05, 0) is 23.3 Å². The monoisotopic (exact) mass is 329 g/mol. The number of rotatable bonds is 7. The largest absolute Gasteiger partial charge is 0.272 e. The van der Waals surface area contributed by atoms with Crippen molar-refractivity contribution in [2.24, 2.45) is 5.10 Å². The summed E-state index contributed by atoms with van der Waals surface area (Å²) in [6.07, 6.45) is 1.45. The molecule has 6 nitrogen and oxygen atoms in total. The first-order chi connectivity index (χ1) is 11.1. The number of carbonyl (C=O) groups excluding carboxylic acids is 1. The first kappa shape index (κ1) is 16.7. The zero-order chi connectivity index (χ0) is 16.5. The topological polar surface area (TPSA) is 84.6 Å². The predicted molar refractivity (Wildman–Crippen MR) is 91.4 cm³/mol. The fourth-order valence-electron chi connectivity index (χ4n) is 1.73. The lowest BCUT2D eigenvalue weighted by atomic mass is 10.2. The molecule has 0 spiro atoms. The Morgan fingerprint density at radius 2 is 1.87 bits per heavy atom. The van der Waals surface area contributed by atoms with E-state index in [0.717, 1.165) is 5.75 Å². The summed E-state index contributed by atoms with van der Waals surface area (Å²) in [4.78, 5) is 21.7. The minimum Gasteiger partial charge on any atom is -0.272 e. The molecule has 1 N–H and O–H groups in total. The number of hydrazone groups is 1. The van der Waals surface area contributed by atoms with Crippen LogP contribution in [-0.2, 0) is 10.5 Å². The third-order valence-electron chi connectivity index (χ3n) is 2.85. The van der Waals surface area contributed by atoms with Gasteiger partial charge in [-0.3, -0.25) is 14.9 Å². The maximum atomic E-state index is 11.6. The number of nitro groups is 1. The van der Waals surface area contributed by atoms with Gasteiger partial charge in [-0.25, -0.2) is 5.43 Å². The van der Waals surface area contributed by atoms with Gasteiger partial charge in [-0.2, -0.15) is 5.10 Å². The molecule has 0 heterocycles. The van der Waals surface area contributed by atoms with Crippen LogP contribution in [0.3, 0.4) is 0 Å². The zero-order valence-corrected chi connectivity index (χ0v) is 13.0. The average molecular weight is 329 g/mol. The maximum Gasteiger partial charge on any atom is 0.269 e. The number of nitrogens with zero attached hydrogens (tertiary/aromatic N) is 2. The highest BCUT2D eigenvalue weighted by molar-refractivity contribution is 7.99. The lowest BCUT2D eigenvalue weighted by Gasteiger charge is -2.01. The second kappa shape index (κ2) is 8.70. The minimum absolute atomic E-state index is 0.0171. The molecule has 1 amide bonds. The number of hydrogen-bond acceptors (Lipinski definition) is 5. The Bertz CT molecular complexity index is 687. The van der Waals surface area contributed by atoms with Gasteiger partial charge < -0.3 is 0 Å². The molecule has 0 unspecified atom stereocenters. The molecule has 0 aliphatic heterocycles. The summed E-state index contributed by atoms with van der Waals surface area (Å²) in [5.74, 6) is 0.886. The third kappa shape index (κ3) is 5.91. The molecule has 0 aliphatic carbocycles. The van der Waals surface area contributed by atoms with E-state index < -0.39 is 4.92 Å². The van der Waals surface area contributed by atoms with Gasteiger partial charge in [-0.1, -0.05) is 30.3 Å². The Morgan fingerprint density at radius 3 is 2.52 bits per heavy atom. The lowest BCUT2D eigenvalue weighted by molar-refractivity contribution is -0.384. The molecular formula is C16H15N3O3S. The standard InChI is InChI=1S/C16H15N3O3S/c20-16(12-23-11-14-4-2-1-3-5-14)18-17-10-13-6-8-15(9-7-13)19(21)22/h1-10H,11-12H2,(H,18,20)/b17-10+. The summed E-state index contributed by atoms with van der Waals surface area (Å²) in [5, 5.41) is 14.4. The SMILES string of the molecule is O=C(CSCc1ccccc1)N/N=C/c1ccc([N+](=O)[O-])cc1. The Morgan fingerprint density at radius 1 is 1.17 bits per heavy atom. The van der Waals surface area contributed by atoms with Gasteiger partial charge in [0.25, 0.3) is 5.69 Å². The molecule has 0 saturated carbocycles. The van der Waals surface area contributed by atoms with E-state index in [1.807, 2.05) is 30.3 Å². The Kier molecular flexibility index (Phi) is 6.31. The van der Waals surface area contributed by atoms with Gasteiger partial charge in [-0.15, -0.1) is 11.8 Å². The van der Waals surface area contributed by atoms with E-state index in [0.29, 0.717) is 11.3 Å². The molecule has 0 aromatic heterocycles. The van der Waals surface area contributed by atoms with E-state index in [9.17, 15) is 14.9 Å². The first-order valence-electron chi connectivity index (χ1n) is 6.83. The van der Waals surface area contributed by atoms with E-state index in [1.54, 1.807) is 12.1 Å². The molecule has 0 saturated heterocycles. The Hall–Kier alpha value is -2.67. The number of hydrogen-bond donors (Lipinski definition) is 1. The quantitative estimate of drug-likeness (QED) is 0.481. The van der Waals surface area contributed by atoms with E-state index in [2.05, 4.69) is 10.5 Å². The number of amides is 1. The highest BCUT2D eigenvalue weighted by Crippen LogP contribution is 2.11. The van der Waals surface area contributed by atoms with Crippen molar-refractivity contribution in [3.8, 4) is 0 Å². The van der Waals surface area contributed by atoms with Crippen molar-refractivity contribution < 1.29 is 9.72 Å². The zero-order valence-electron chi connectivity index (χ0n) is 12.2. The van der Waals surface area contributed by atoms with Gasteiger partial charge in [0.05, 0.1) is 16.9 Å². The molecule has 0 atom stereocenters. The van der Waals surface area contributed by atoms with Crippen molar-refractivity contribution in [2.75, 3.05) is 5.75 Å². The van der Waals surface area contributed by atoms with Crippen LogP contribution in [0.25, 0.3) is 0 Å². The molecule has 2 aromatic carbocycles. The number of non-ortho nitro benzene ring substituents is 1. The van der Waals surface area contributed by atoms with E-state index in [1.165, 1.54) is 35.7 Å². The number of carbonyl (C=O) groups is 1. The van der Waals surface area contributed by atoms with E-state index >= 15 is 0 Å². The molecule has 0 bridgehead atoms. The van der Waals surface area contributed by atoms with Crippen LogP contribution in [0, 0.1) is 10.1 Å². The summed E-state index contributed by atoms with van der Waals surface area (Å²) in [6.45, 7) is 0. The third-order valence-corrected chi connectivity index (χ3v) is 3.86. The minimum atomic E-state index is -0.466. The summed E-state index contributed by atoms with van der Waals surface area (Å²) < 4.78 is 0. The average Bonchev–Trinajstić information content (AvgIpc) is 2.56. The molecular weight excluding hydrogens is 314 g/mol. The lowest BCUT2D eigenvalue weighted by Crippen LogP contribution is -2.19. The van der Waals surface area contributed by atoms with Crippen molar-refractivity contribution >= 4 is 29.6 Å². The molecule has 2 aromatic rings. The van der Waals surface area contributed by atoms with Gasteiger partial charge >= 0.3 is 0 Å². The molecule has 0 fully saturated rings. The van der Waals surface area contributed by atoms with Crippen LogP contribution in [0.2, 0.25) is 0 Å². The number of nitrogens with one attached hydrogen (secondary N) is 1. The fourth-order valence-corrected chi connectivity index (χ4v) is 2.51. The van der Waals surface area contributed by atoms with Crippen molar-refractivity contribution in [3.63, 3.8) is 0 Å². The van der Waals surface area contributed by atoms with Crippen LogP contribution in [0.4, 0.5) is 5.69 Å². The van der Waals surface area contributed by atoms with Crippen molar-refractivity contribution in [2.45, 2.75) is 5.75 Å². The van der Waals surface area contributed by atoms with Crippen LogP contribution in [0.5, 0.6) is 0 Å².